The summed E-state index contributed by atoms with van der Waals surface area (Å²) >= 11 is 6.03. The number of hydrogen-bond acceptors (Lipinski definition) is 5. The summed E-state index contributed by atoms with van der Waals surface area (Å²) in [4.78, 5) is 17.4. The van der Waals surface area contributed by atoms with Gasteiger partial charge in [0.2, 0.25) is 5.82 Å². The Morgan fingerprint density at radius 1 is 0.935 bits per heavy atom. The van der Waals surface area contributed by atoms with Crippen molar-refractivity contribution in [1.82, 2.24) is 14.8 Å². The molecule has 0 unspecified atom stereocenters. The highest BCUT2D eigenvalue weighted by molar-refractivity contribution is 6.30. The number of rotatable bonds is 6. The van der Waals surface area contributed by atoms with Crippen LogP contribution in [0.1, 0.15) is 10.6 Å². The monoisotopic (exact) mass is 434 g/mol. The van der Waals surface area contributed by atoms with E-state index in [1.54, 1.807) is 55.3 Å². The summed E-state index contributed by atoms with van der Waals surface area (Å²) in [6.45, 7) is 0. The maximum absolute atomic E-state index is 12.9. The van der Waals surface area contributed by atoms with Crippen LogP contribution in [0.15, 0.2) is 72.8 Å². The van der Waals surface area contributed by atoms with Gasteiger partial charge in [-0.2, -0.15) is 0 Å². The van der Waals surface area contributed by atoms with Gasteiger partial charge >= 0.3 is 0 Å². The molecule has 156 valence electrons. The molecular formula is C23H19ClN4O3. The molecule has 0 aliphatic heterocycles. The summed E-state index contributed by atoms with van der Waals surface area (Å²) in [7, 11) is 3.17. The number of aromatic nitrogens is 3. The zero-order valence-corrected chi connectivity index (χ0v) is 17.6. The van der Waals surface area contributed by atoms with E-state index in [0.717, 1.165) is 11.3 Å². The molecule has 31 heavy (non-hydrogen) atoms. The van der Waals surface area contributed by atoms with E-state index in [1.165, 1.54) is 0 Å². The van der Waals surface area contributed by atoms with Crippen molar-refractivity contribution in [3.05, 3.63) is 83.6 Å². The van der Waals surface area contributed by atoms with Crippen LogP contribution in [0.3, 0.4) is 0 Å². The van der Waals surface area contributed by atoms with Gasteiger partial charge in [0.1, 0.15) is 11.5 Å². The third-order valence-corrected chi connectivity index (χ3v) is 4.81. The lowest BCUT2D eigenvalue weighted by Crippen LogP contribution is -2.14. The van der Waals surface area contributed by atoms with Crippen LogP contribution in [0.2, 0.25) is 5.02 Å². The number of carbonyl (C=O) groups is 1. The van der Waals surface area contributed by atoms with E-state index >= 15 is 0 Å². The van der Waals surface area contributed by atoms with Gasteiger partial charge in [-0.05, 0) is 60.7 Å². The fraction of sp³-hybridized carbons (Fsp3) is 0.0870. The Bertz CT molecular complexity index is 1200. The van der Waals surface area contributed by atoms with Gasteiger partial charge in [-0.1, -0.05) is 17.7 Å². The fourth-order valence-electron chi connectivity index (χ4n) is 2.99. The lowest BCUT2D eigenvalue weighted by molar-refractivity contribution is 0.101. The second kappa shape index (κ2) is 8.89. The molecule has 0 spiro atoms. The molecule has 8 heteroatoms. The van der Waals surface area contributed by atoms with Crippen LogP contribution in [-0.2, 0) is 0 Å². The van der Waals surface area contributed by atoms with Crippen LogP contribution < -0.4 is 14.8 Å². The summed E-state index contributed by atoms with van der Waals surface area (Å²) in [5, 5.41) is 7.87. The van der Waals surface area contributed by atoms with Gasteiger partial charge in [0.25, 0.3) is 5.91 Å². The van der Waals surface area contributed by atoms with Gasteiger partial charge in [0, 0.05) is 22.3 Å². The van der Waals surface area contributed by atoms with E-state index in [4.69, 9.17) is 21.1 Å². The van der Waals surface area contributed by atoms with Crippen LogP contribution in [0, 0.1) is 0 Å². The normalized spacial score (nSPS) is 10.5. The van der Waals surface area contributed by atoms with Gasteiger partial charge in [-0.15, -0.1) is 5.10 Å². The predicted molar refractivity (Wildman–Crippen MR) is 119 cm³/mol. The molecule has 0 radical (unpaired) electrons. The Morgan fingerprint density at radius 3 is 2.32 bits per heavy atom. The molecule has 3 aromatic carbocycles. The zero-order chi connectivity index (χ0) is 21.8. The van der Waals surface area contributed by atoms with Crippen LogP contribution in [0.5, 0.6) is 11.5 Å². The fourth-order valence-corrected chi connectivity index (χ4v) is 3.11. The Labute approximate surface area is 184 Å². The molecule has 0 saturated heterocycles. The number of nitrogens with zero attached hydrogens (tertiary/aromatic N) is 3. The van der Waals surface area contributed by atoms with Crippen molar-refractivity contribution >= 4 is 23.2 Å². The Morgan fingerprint density at radius 2 is 1.65 bits per heavy atom. The minimum atomic E-state index is -0.435. The van der Waals surface area contributed by atoms with Gasteiger partial charge in [-0.25, -0.2) is 9.67 Å². The average molecular weight is 435 g/mol. The number of carbonyl (C=O) groups excluding carboxylic acids is 1. The first-order valence-corrected chi connectivity index (χ1v) is 9.78. The third-order valence-electron chi connectivity index (χ3n) is 4.56. The average Bonchev–Trinajstić information content (AvgIpc) is 3.25. The van der Waals surface area contributed by atoms with Gasteiger partial charge < -0.3 is 14.8 Å². The summed E-state index contributed by atoms with van der Waals surface area (Å²) in [5.74, 6) is 1.46. The first-order chi connectivity index (χ1) is 15.1. The standard InChI is InChI=1S/C23H19ClN4O3/c1-30-19-12-10-18(11-13-19)28-22(15-6-8-16(24)9-7-15)26-21(27-28)23(29)25-17-4-3-5-20(14-17)31-2/h3-14H,1-2H3,(H,25,29). The molecule has 7 nitrogen and oxygen atoms in total. The van der Waals surface area contributed by atoms with E-state index in [9.17, 15) is 4.79 Å². The number of amides is 1. The second-order valence-electron chi connectivity index (χ2n) is 6.56. The first kappa shape index (κ1) is 20.4. The predicted octanol–water partition coefficient (Wildman–Crippen LogP) is 4.86. The third kappa shape index (κ3) is 4.51. The van der Waals surface area contributed by atoms with Gasteiger partial charge in [-0.3, -0.25) is 4.79 Å². The maximum Gasteiger partial charge on any atom is 0.295 e. The molecule has 4 aromatic rings. The maximum atomic E-state index is 12.9. The number of halogens is 1. The number of methoxy groups -OCH3 is 2. The molecule has 0 aliphatic rings. The Hall–Kier alpha value is -3.84. The summed E-state index contributed by atoms with van der Waals surface area (Å²) in [6.07, 6.45) is 0. The molecule has 1 N–H and O–H groups in total. The second-order valence-corrected chi connectivity index (χ2v) is 7.00. The van der Waals surface area contributed by atoms with Crippen molar-refractivity contribution in [1.29, 1.82) is 0 Å². The van der Waals surface area contributed by atoms with E-state index in [-0.39, 0.29) is 5.82 Å². The Kier molecular flexibility index (Phi) is 5.86. The van der Waals surface area contributed by atoms with E-state index in [1.807, 2.05) is 36.4 Å². The van der Waals surface area contributed by atoms with Crippen LogP contribution in [0.25, 0.3) is 17.1 Å². The van der Waals surface area contributed by atoms with Crippen molar-refractivity contribution in [3.8, 4) is 28.6 Å². The molecule has 1 heterocycles. The quantitative estimate of drug-likeness (QED) is 0.469. The highest BCUT2D eigenvalue weighted by atomic mass is 35.5. The van der Waals surface area contributed by atoms with Crippen molar-refractivity contribution in [3.63, 3.8) is 0 Å². The lowest BCUT2D eigenvalue weighted by atomic mass is 10.2. The SMILES string of the molecule is COc1ccc(-n2nc(C(=O)Nc3cccc(OC)c3)nc2-c2ccc(Cl)cc2)cc1. The van der Waals surface area contributed by atoms with E-state index in [0.29, 0.717) is 28.0 Å². The molecular weight excluding hydrogens is 416 g/mol. The number of anilines is 1. The zero-order valence-electron chi connectivity index (χ0n) is 16.9. The summed E-state index contributed by atoms with van der Waals surface area (Å²) in [6, 6.07) is 21.6. The number of benzene rings is 3. The number of hydrogen-bond donors (Lipinski definition) is 1. The molecule has 4 rings (SSSR count). The van der Waals surface area contributed by atoms with Crippen molar-refractivity contribution in [2.75, 3.05) is 19.5 Å². The Balaban J connectivity index is 1.72. The molecule has 0 saturated carbocycles. The van der Waals surface area contributed by atoms with Crippen LogP contribution in [0.4, 0.5) is 5.69 Å². The summed E-state index contributed by atoms with van der Waals surface area (Å²) < 4.78 is 12.0. The van der Waals surface area contributed by atoms with Gasteiger partial charge in [0.15, 0.2) is 5.82 Å². The first-order valence-electron chi connectivity index (χ1n) is 9.40. The molecule has 1 aromatic heterocycles. The molecule has 0 aliphatic carbocycles. The topological polar surface area (TPSA) is 78.3 Å². The van der Waals surface area contributed by atoms with Crippen molar-refractivity contribution in [2.24, 2.45) is 0 Å². The molecule has 1 amide bonds. The van der Waals surface area contributed by atoms with E-state index < -0.39 is 5.91 Å². The van der Waals surface area contributed by atoms with Gasteiger partial charge in [0.05, 0.1) is 19.9 Å². The number of ether oxygens (including phenoxy) is 2. The minimum absolute atomic E-state index is 0.0311. The van der Waals surface area contributed by atoms with Crippen molar-refractivity contribution in [2.45, 2.75) is 0 Å². The largest absolute Gasteiger partial charge is 0.497 e. The minimum Gasteiger partial charge on any atom is -0.497 e. The molecule has 0 bridgehead atoms. The highest BCUT2D eigenvalue weighted by Gasteiger charge is 2.19. The molecule has 0 atom stereocenters. The highest BCUT2D eigenvalue weighted by Crippen LogP contribution is 2.25. The smallest absolute Gasteiger partial charge is 0.295 e. The summed E-state index contributed by atoms with van der Waals surface area (Å²) in [5.41, 5.74) is 2.09. The van der Waals surface area contributed by atoms with E-state index in [2.05, 4.69) is 15.4 Å². The van der Waals surface area contributed by atoms with Crippen LogP contribution >= 0.6 is 11.6 Å². The lowest BCUT2D eigenvalue weighted by Gasteiger charge is -2.07. The van der Waals surface area contributed by atoms with Crippen LogP contribution in [-0.4, -0.2) is 34.9 Å². The number of nitrogens with one attached hydrogen (secondary N) is 1. The van der Waals surface area contributed by atoms with Crippen molar-refractivity contribution < 1.29 is 14.3 Å². The molecule has 0 fully saturated rings.